The van der Waals surface area contributed by atoms with Crippen LogP contribution in [-0.4, -0.2) is 10.5 Å². The average Bonchev–Trinajstić information content (AvgIpc) is 2.17. The van der Waals surface area contributed by atoms with Crippen LogP contribution in [0, 0.1) is 10.1 Å². The van der Waals surface area contributed by atoms with E-state index in [-0.39, 0.29) is 4.92 Å². The summed E-state index contributed by atoms with van der Waals surface area (Å²) in [5, 5.41) is 10.2. The van der Waals surface area contributed by atoms with Crippen molar-refractivity contribution in [2.45, 2.75) is 24.8 Å². The van der Waals surface area contributed by atoms with Gasteiger partial charge in [-0.3, -0.25) is 10.1 Å². The van der Waals surface area contributed by atoms with Gasteiger partial charge in [0.15, 0.2) is 0 Å². The zero-order valence-corrected chi connectivity index (χ0v) is 10.7. The second kappa shape index (κ2) is 4.49. The maximum atomic E-state index is 10.8. The van der Waals surface area contributed by atoms with E-state index in [1.165, 1.54) is 13.8 Å². The molecule has 0 radical (unpaired) electrons. The summed E-state index contributed by atoms with van der Waals surface area (Å²) in [5.74, 6) is 0. The maximum absolute atomic E-state index is 10.8. The monoisotopic (exact) mass is 291 g/mol. The summed E-state index contributed by atoms with van der Waals surface area (Å²) in [6.07, 6.45) is 0. The van der Waals surface area contributed by atoms with Gasteiger partial charge in [0.05, 0.1) is 0 Å². The van der Waals surface area contributed by atoms with Gasteiger partial charge in [0.2, 0.25) is 5.54 Å². The standard InChI is InChI=1S/C10H11BrClNO2/c1-10(2,13(14)15)9(12)7-3-5-8(11)6-4-7/h3-6,9H,1-2H3. The average molecular weight is 293 g/mol. The zero-order chi connectivity index (χ0) is 11.6. The van der Waals surface area contributed by atoms with Crippen LogP contribution in [0.3, 0.4) is 0 Å². The highest BCUT2D eigenvalue weighted by molar-refractivity contribution is 9.10. The first-order chi connectivity index (χ1) is 6.85. The Hall–Kier alpha value is -0.610. The lowest BCUT2D eigenvalue weighted by Gasteiger charge is -2.21. The molecule has 1 unspecified atom stereocenters. The van der Waals surface area contributed by atoms with Crippen LogP contribution in [0.15, 0.2) is 28.7 Å². The van der Waals surface area contributed by atoms with Crippen molar-refractivity contribution in [2.75, 3.05) is 0 Å². The molecule has 0 N–H and O–H groups in total. The fourth-order valence-corrected chi connectivity index (χ4v) is 1.62. The van der Waals surface area contributed by atoms with E-state index in [4.69, 9.17) is 11.6 Å². The highest BCUT2D eigenvalue weighted by atomic mass is 79.9. The molecule has 0 fully saturated rings. The zero-order valence-electron chi connectivity index (χ0n) is 8.41. The number of nitro groups is 1. The quantitative estimate of drug-likeness (QED) is 0.483. The third kappa shape index (κ3) is 2.69. The Labute approximate surface area is 102 Å². The lowest BCUT2D eigenvalue weighted by Crippen LogP contribution is -2.35. The summed E-state index contributed by atoms with van der Waals surface area (Å²) in [6, 6.07) is 7.21. The van der Waals surface area contributed by atoms with Gasteiger partial charge >= 0.3 is 0 Å². The fraction of sp³-hybridized carbons (Fsp3) is 0.400. The molecule has 3 nitrogen and oxygen atoms in total. The molecule has 0 bridgehead atoms. The Bertz CT molecular complexity index is 364. The van der Waals surface area contributed by atoms with Gasteiger partial charge in [-0.15, -0.1) is 11.6 Å². The molecule has 1 aromatic rings. The summed E-state index contributed by atoms with van der Waals surface area (Å²) in [4.78, 5) is 10.5. The van der Waals surface area contributed by atoms with Gasteiger partial charge < -0.3 is 0 Å². The number of hydrogen-bond acceptors (Lipinski definition) is 2. The highest BCUT2D eigenvalue weighted by Crippen LogP contribution is 2.34. The van der Waals surface area contributed by atoms with Gasteiger partial charge in [-0.05, 0) is 17.7 Å². The molecule has 0 heterocycles. The summed E-state index contributed by atoms with van der Waals surface area (Å²) < 4.78 is 0.925. The number of alkyl halides is 1. The Morgan fingerprint density at radius 1 is 1.40 bits per heavy atom. The molecule has 0 aliphatic carbocycles. The third-order valence-electron chi connectivity index (χ3n) is 2.25. The van der Waals surface area contributed by atoms with Crippen molar-refractivity contribution in [2.24, 2.45) is 0 Å². The minimum absolute atomic E-state index is 0.354. The van der Waals surface area contributed by atoms with E-state index in [0.717, 1.165) is 10.0 Å². The van der Waals surface area contributed by atoms with Crippen LogP contribution in [-0.2, 0) is 0 Å². The molecule has 0 aliphatic heterocycles. The minimum atomic E-state index is -1.17. The molecule has 0 saturated heterocycles. The number of rotatable bonds is 3. The normalized spacial score (nSPS) is 13.6. The fourth-order valence-electron chi connectivity index (χ4n) is 1.13. The van der Waals surface area contributed by atoms with E-state index < -0.39 is 10.9 Å². The lowest BCUT2D eigenvalue weighted by atomic mass is 9.95. The molecule has 0 aliphatic rings. The molecule has 0 aromatic heterocycles. The minimum Gasteiger partial charge on any atom is -0.264 e. The number of hydrogen-bond donors (Lipinski definition) is 0. The van der Waals surface area contributed by atoms with Crippen molar-refractivity contribution >= 4 is 27.5 Å². The van der Waals surface area contributed by atoms with Crippen LogP contribution >= 0.6 is 27.5 Å². The largest absolute Gasteiger partial charge is 0.264 e. The van der Waals surface area contributed by atoms with Crippen molar-refractivity contribution in [3.8, 4) is 0 Å². The van der Waals surface area contributed by atoms with Gasteiger partial charge in [-0.2, -0.15) is 0 Å². The molecule has 15 heavy (non-hydrogen) atoms. The first-order valence-electron chi connectivity index (χ1n) is 4.39. The van der Waals surface area contributed by atoms with Crippen LogP contribution < -0.4 is 0 Å². The Kier molecular flexibility index (Phi) is 3.73. The van der Waals surface area contributed by atoms with E-state index in [2.05, 4.69) is 15.9 Å². The Morgan fingerprint density at radius 3 is 2.27 bits per heavy atom. The Morgan fingerprint density at radius 2 is 1.87 bits per heavy atom. The molecule has 5 heteroatoms. The molecule has 0 saturated carbocycles. The number of benzene rings is 1. The second-order valence-electron chi connectivity index (χ2n) is 3.82. The number of nitrogens with zero attached hydrogens (tertiary/aromatic N) is 1. The van der Waals surface area contributed by atoms with Crippen molar-refractivity contribution < 1.29 is 4.92 Å². The molecule has 1 aromatic carbocycles. The van der Waals surface area contributed by atoms with E-state index in [1.54, 1.807) is 12.1 Å². The molecule has 1 atom stereocenters. The van der Waals surface area contributed by atoms with Crippen LogP contribution in [0.5, 0.6) is 0 Å². The highest BCUT2D eigenvalue weighted by Gasteiger charge is 2.40. The lowest BCUT2D eigenvalue weighted by molar-refractivity contribution is -0.561. The molecular formula is C10H11BrClNO2. The summed E-state index contributed by atoms with van der Waals surface area (Å²) in [5.41, 5.74) is -0.420. The van der Waals surface area contributed by atoms with E-state index >= 15 is 0 Å². The van der Waals surface area contributed by atoms with Gasteiger partial charge in [0.1, 0.15) is 5.38 Å². The molecule has 1 rings (SSSR count). The van der Waals surface area contributed by atoms with Gasteiger partial charge in [-0.1, -0.05) is 28.1 Å². The first-order valence-corrected chi connectivity index (χ1v) is 5.62. The Balaban J connectivity index is 2.99. The van der Waals surface area contributed by atoms with Crippen LogP contribution in [0.2, 0.25) is 0 Å². The van der Waals surface area contributed by atoms with Crippen LogP contribution in [0.1, 0.15) is 24.8 Å². The van der Waals surface area contributed by atoms with Crippen molar-refractivity contribution in [1.29, 1.82) is 0 Å². The van der Waals surface area contributed by atoms with Gasteiger partial charge in [0.25, 0.3) is 0 Å². The van der Waals surface area contributed by atoms with E-state index in [0.29, 0.717) is 0 Å². The molecule has 82 valence electrons. The topological polar surface area (TPSA) is 43.1 Å². The van der Waals surface area contributed by atoms with Crippen LogP contribution in [0.4, 0.5) is 0 Å². The molecular weight excluding hydrogens is 281 g/mol. The van der Waals surface area contributed by atoms with Gasteiger partial charge in [-0.25, -0.2) is 0 Å². The first kappa shape index (κ1) is 12.5. The molecule has 0 spiro atoms. The second-order valence-corrected chi connectivity index (χ2v) is 5.18. The van der Waals surface area contributed by atoms with E-state index in [9.17, 15) is 10.1 Å². The SMILES string of the molecule is CC(C)(C(Cl)c1ccc(Br)cc1)[N+](=O)[O-]. The van der Waals surface area contributed by atoms with Gasteiger partial charge in [0, 0.05) is 23.2 Å². The summed E-state index contributed by atoms with van der Waals surface area (Å²) in [6.45, 7) is 3.04. The van der Waals surface area contributed by atoms with Crippen molar-refractivity contribution in [3.05, 3.63) is 44.4 Å². The third-order valence-corrected chi connectivity index (χ3v) is 3.57. The number of halogens is 2. The predicted molar refractivity (Wildman–Crippen MR) is 63.8 cm³/mol. The molecule has 0 amide bonds. The predicted octanol–water partition coefficient (Wildman–Crippen LogP) is 3.78. The summed E-state index contributed by atoms with van der Waals surface area (Å²) in [7, 11) is 0. The maximum Gasteiger partial charge on any atom is 0.236 e. The van der Waals surface area contributed by atoms with Crippen LogP contribution in [0.25, 0.3) is 0 Å². The van der Waals surface area contributed by atoms with E-state index in [1.807, 2.05) is 12.1 Å². The summed E-state index contributed by atoms with van der Waals surface area (Å²) >= 11 is 9.39. The smallest absolute Gasteiger partial charge is 0.236 e. The van der Waals surface area contributed by atoms with Crippen molar-refractivity contribution in [3.63, 3.8) is 0 Å². The van der Waals surface area contributed by atoms with Crippen molar-refractivity contribution in [1.82, 2.24) is 0 Å².